The quantitative estimate of drug-likeness (QED) is 0.932. The standard InChI is InChI=1S/C15H19ClN2O3/c1-5-11-13(19)17-15(2,3)14(20)18(11)9-6-7-10(16)12(8-9)21-4/h6-8,11H,5H2,1-4H3,(H,17,19). The Morgan fingerprint density at radius 1 is 1.38 bits per heavy atom. The van der Waals surface area contributed by atoms with Gasteiger partial charge in [0.05, 0.1) is 12.1 Å². The summed E-state index contributed by atoms with van der Waals surface area (Å²) >= 11 is 6.02. The largest absolute Gasteiger partial charge is 0.495 e. The van der Waals surface area contributed by atoms with Crippen LogP contribution in [0.5, 0.6) is 5.75 Å². The highest BCUT2D eigenvalue weighted by Crippen LogP contribution is 2.33. The number of anilines is 1. The molecule has 0 aromatic heterocycles. The van der Waals surface area contributed by atoms with Crippen LogP contribution in [0, 0.1) is 0 Å². The molecular weight excluding hydrogens is 292 g/mol. The van der Waals surface area contributed by atoms with Crippen molar-refractivity contribution in [2.45, 2.75) is 38.8 Å². The molecule has 0 bridgehead atoms. The van der Waals surface area contributed by atoms with Gasteiger partial charge in [-0.05, 0) is 32.4 Å². The fourth-order valence-electron chi connectivity index (χ4n) is 2.47. The second kappa shape index (κ2) is 5.56. The van der Waals surface area contributed by atoms with E-state index in [4.69, 9.17) is 16.3 Å². The van der Waals surface area contributed by atoms with Crippen molar-refractivity contribution in [3.05, 3.63) is 23.2 Å². The minimum atomic E-state index is -0.935. The molecule has 1 unspecified atom stereocenters. The smallest absolute Gasteiger partial charge is 0.252 e. The van der Waals surface area contributed by atoms with Crippen molar-refractivity contribution in [2.24, 2.45) is 0 Å². The molecule has 1 saturated heterocycles. The molecule has 1 atom stereocenters. The maximum absolute atomic E-state index is 12.7. The number of ether oxygens (including phenoxy) is 1. The molecule has 1 N–H and O–H groups in total. The molecule has 0 radical (unpaired) electrons. The summed E-state index contributed by atoms with van der Waals surface area (Å²) in [6, 6.07) is 4.53. The topological polar surface area (TPSA) is 58.6 Å². The van der Waals surface area contributed by atoms with Crippen LogP contribution in [-0.4, -0.2) is 30.5 Å². The molecule has 2 amide bonds. The highest BCUT2D eigenvalue weighted by Gasteiger charge is 2.45. The Morgan fingerprint density at radius 2 is 2.05 bits per heavy atom. The monoisotopic (exact) mass is 310 g/mol. The normalized spacial score (nSPS) is 21.2. The Morgan fingerprint density at radius 3 is 2.62 bits per heavy atom. The number of hydrogen-bond acceptors (Lipinski definition) is 3. The van der Waals surface area contributed by atoms with Crippen molar-refractivity contribution in [1.82, 2.24) is 5.32 Å². The van der Waals surface area contributed by atoms with E-state index >= 15 is 0 Å². The van der Waals surface area contributed by atoms with E-state index in [1.807, 2.05) is 6.92 Å². The number of nitrogens with one attached hydrogen (secondary N) is 1. The van der Waals surface area contributed by atoms with E-state index in [0.717, 1.165) is 0 Å². The van der Waals surface area contributed by atoms with E-state index in [-0.39, 0.29) is 11.8 Å². The molecule has 1 aliphatic rings. The second-order valence-corrected chi connectivity index (χ2v) is 5.94. The molecule has 6 heteroatoms. The average Bonchev–Trinajstić information content (AvgIpc) is 2.43. The Bertz CT molecular complexity index is 586. The van der Waals surface area contributed by atoms with Crippen LogP contribution in [0.15, 0.2) is 18.2 Å². The maximum Gasteiger partial charge on any atom is 0.252 e. The summed E-state index contributed by atoms with van der Waals surface area (Å²) in [4.78, 5) is 26.4. The lowest BCUT2D eigenvalue weighted by Crippen LogP contribution is -2.68. The van der Waals surface area contributed by atoms with Crippen LogP contribution in [0.1, 0.15) is 27.2 Å². The van der Waals surface area contributed by atoms with Gasteiger partial charge < -0.3 is 10.1 Å². The van der Waals surface area contributed by atoms with E-state index in [1.165, 1.54) is 12.0 Å². The molecular formula is C15H19ClN2O3. The molecule has 2 rings (SSSR count). The Hall–Kier alpha value is -1.75. The van der Waals surface area contributed by atoms with Crippen LogP contribution < -0.4 is 15.0 Å². The summed E-state index contributed by atoms with van der Waals surface area (Å²) < 4.78 is 5.19. The number of carbonyl (C=O) groups is 2. The van der Waals surface area contributed by atoms with Gasteiger partial charge in [-0.2, -0.15) is 0 Å². The average molecular weight is 311 g/mol. The van der Waals surface area contributed by atoms with E-state index in [2.05, 4.69) is 5.32 Å². The summed E-state index contributed by atoms with van der Waals surface area (Å²) in [6.45, 7) is 5.26. The molecule has 114 valence electrons. The van der Waals surface area contributed by atoms with Gasteiger partial charge in [0, 0.05) is 11.8 Å². The predicted octanol–water partition coefficient (Wildman–Crippen LogP) is 2.37. The van der Waals surface area contributed by atoms with Crippen LogP contribution in [0.2, 0.25) is 5.02 Å². The molecule has 1 fully saturated rings. The second-order valence-electron chi connectivity index (χ2n) is 5.53. The minimum Gasteiger partial charge on any atom is -0.495 e. The first-order chi connectivity index (χ1) is 9.81. The number of methoxy groups -OCH3 is 1. The maximum atomic E-state index is 12.7. The van der Waals surface area contributed by atoms with Gasteiger partial charge in [-0.15, -0.1) is 0 Å². The summed E-state index contributed by atoms with van der Waals surface area (Å²) in [7, 11) is 1.51. The molecule has 0 aliphatic carbocycles. The van der Waals surface area contributed by atoms with Crippen molar-refractivity contribution in [1.29, 1.82) is 0 Å². The molecule has 1 aromatic rings. The van der Waals surface area contributed by atoms with Gasteiger partial charge in [0.1, 0.15) is 17.3 Å². The van der Waals surface area contributed by atoms with E-state index in [0.29, 0.717) is 22.9 Å². The zero-order valence-corrected chi connectivity index (χ0v) is 13.3. The van der Waals surface area contributed by atoms with Crippen LogP contribution in [0.25, 0.3) is 0 Å². The third kappa shape index (κ3) is 2.70. The van der Waals surface area contributed by atoms with Crippen LogP contribution in [-0.2, 0) is 9.59 Å². The van der Waals surface area contributed by atoms with Gasteiger partial charge in [-0.25, -0.2) is 0 Å². The van der Waals surface area contributed by atoms with Crippen molar-refractivity contribution in [3.63, 3.8) is 0 Å². The van der Waals surface area contributed by atoms with Gasteiger partial charge in [-0.1, -0.05) is 18.5 Å². The van der Waals surface area contributed by atoms with Crippen LogP contribution in [0.4, 0.5) is 5.69 Å². The zero-order chi connectivity index (χ0) is 15.8. The number of rotatable bonds is 3. The summed E-state index contributed by atoms with van der Waals surface area (Å²) in [5.41, 5.74) is -0.327. The van der Waals surface area contributed by atoms with Gasteiger partial charge in [-0.3, -0.25) is 14.5 Å². The third-order valence-corrected chi connectivity index (χ3v) is 3.92. The van der Waals surface area contributed by atoms with Crippen molar-refractivity contribution in [2.75, 3.05) is 12.0 Å². The fraction of sp³-hybridized carbons (Fsp3) is 0.467. The molecule has 1 aliphatic heterocycles. The first kappa shape index (κ1) is 15.6. The van der Waals surface area contributed by atoms with Gasteiger partial charge in [0.25, 0.3) is 5.91 Å². The SMILES string of the molecule is CCC1C(=O)NC(C)(C)C(=O)N1c1ccc(Cl)c(OC)c1. The molecule has 1 aromatic carbocycles. The number of carbonyl (C=O) groups excluding carboxylic acids is 2. The third-order valence-electron chi connectivity index (χ3n) is 3.60. The Kier molecular flexibility index (Phi) is 4.14. The number of benzene rings is 1. The Labute approximate surface area is 129 Å². The lowest BCUT2D eigenvalue weighted by atomic mass is 9.95. The number of halogens is 1. The number of amides is 2. The molecule has 0 spiro atoms. The molecule has 1 heterocycles. The van der Waals surface area contributed by atoms with E-state index < -0.39 is 11.6 Å². The summed E-state index contributed by atoms with van der Waals surface area (Å²) in [6.07, 6.45) is 0.526. The molecule has 21 heavy (non-hydrogen) atoms. The highest BCUT2D eigenvalue weighted by atomic mass is 35.5. The van der Waals surface area contributed by atoms with Gasteiger partial charge >= 0.3 is 0 Å². The van der Waals surface area contributed by atoms with Crippen molar-refractivity contribution >= 4 is 29.1 Å². The lowest BCUT2D eigenvalue weighted by Gasteiger charge is -2.42. The predicted molar refractivity (Wildman–Crippen MR) is 81.8 cm³/mol. The summed E-state index contributed by atoms with van der Waals surface area (Å²) in [5.74, 6) is 0.162. The zero-order valence-electron chi connectivity index (χ0n) is 12.6. The van der Waals surface area contributed by atoms with Crippen LogP contribution >= 0.6 is 11.6 Å². The highest BCUT2D eigenvalue weighted by molar-refractivity contribution is 6.32. The lowest BCUT2D eigenvalue weighted by molar-refractivity contribution is -0.137. The van der Waals surface area contributed by atoms with Crippen LogP contribution in [0.3, 0.4) is 0 Å². The minimum absolute atomic E-state index is 0.154. The van der Waals surface area contributed by atoms with Gasteiger partial charge in [0.2, 0.25) is 5.91 Å². The number of hydrogen-bond donors (Lipinski definition) is 1. The van der Waals surface area contributed by atoms with Crippen molar-refractivity contribution in [3.8, 4) is 5.75 Å². The van der Waals surface area contributed by atoms with E-state index in [9.17, 15) is 9.59 Å². The van der Waals surface area contributed by atoms with E-state index in [1.54, 1.807) is 32.0 Å². The molecule has 5 nitrogen and oxygen atoms in total. The van der Waals surface area contributed by atoms with Crippen molar-refractivity contribution < 1.29 is 14.3 Å². The Balaban J connectivity index is 2.51. The fourth-order valence-corrected chi connectivity index (χ4v) is 2.66. The van der Waals surface area contributed by atoms with Gasteiger partial charge in [0.15, 0.2) is 0 Å². The summed E-state index contributed by atoms with van der Waals surface area (Å²) in [5, 5.41) is 3.22. The number of piperazine rings is 1. The molecule has 0 saturated carbocycles. The number of nitrogens with zero attached hydrogens (tertiary/aromatic N) is 1. The first-order valence-electron chi connectivity index (χ1n) is 6.81. The first-order valence-corrected chi connectivity index (χ1v) is 7.19.